The molecule has 138 valence electrons. The number of nitrogens with one attached hydrogen (secondary N) is 1. The van der Waals surface area contributed by atoms with Crippen LogP contribution < -0.4 is 10.1 Å². The van der Waals surface area contributed by atoms with Crippen LogP contribution in [0.1, 0.15) is 36.8 Å². The predicted octanol–water partition coefficient (Wildman–Crippen LogP) is 4.65. The van der Waals surface area contributed by atoms with Gasteiger partial charge in [-0.1, -0.05) is 48.0 Å². The van der Waals surface area contributed by atoms with Crippen LogP contribution in [0.4, 0.5) is 0 Å². The first kappa shape index (κ1) is 18.7. The average Bonchev–Trinajstić information content (AvgIpc) is 2.66. The smallest absolute Gasteiger partial charge is 0.306 e. The Labute approximate surface area is 159 Å². The number of ether oxygens (including phenoxy) is 1. The maximum absolute atomic E-state index is 11.1. The lowest BCUT2D eigenvalue weighted by Gasteiger charge is -2.27. The summed E-state index contributed by atoms with van der Waals surface area (Å²) < 4.78 is 5.87. The maximum Gasteiger partial charge on any atom is 0.306 e. The van der Waals surface area contributed by atoms with Gasteiger partial charge in [0.05, 0.1) is 10.9 Å². The zero-order valence-electron chi connectivity index (χ0n) is 14.7. The van der Waals surface area contributed by atoms with E-state index >= 15 is 0 Å². The number of rotatable bonds is 7. The van der Waals surface area contributed by atoms with E-state index in [2.05, 4.69) is 17.4 Å². The number of carbonyl (C=O) groups is 1. The minimum Gasteiger partial charge on any atom is -0.487 e. The van der Waals surface area contributed by atoms with Gasteiger partial charge in [0.1, 0.15) is 12.4 Å². The second-order valence-electron chi connectivity index (χ2n) is 6.76. The van der Waals surface area contributed by atoms with Gasteiger partial charge < -0.3 is 15.2 Å². The molecule has 1 aliphatic rings. The van der Waals surface area contributed by atoms with Gasteiger partial charge in [0, 0.05) is 12.6 Å². The first-order valence-corrected chi connectivity index (χ1v) is 9.41. The summed E-state index contributed by atoms with van der Waals surface area (Å²) in [5.41, 5.74) is 2.32. The summed E-state index contributed by atoms with van der Waals surface area (Å²) in [5.74, 6) is -0.154. The van der Waals surface area contributed by atoms with Crippen LogP contribution in [0.3, 0.4) is 0 Å². The minimum absolute atomic E-state index is 0.177. The van der Waals surface area contributed by atoms with Crippen molar-refractivity contribution in [2.45, 2.75) is 44.9 Å². The van der Waals surface area contributed by atoms with E-state index in [-0.39, 0.29) is 5.92 Å². The maximum atomic E-state index is 11.1. The van der Waals surface area contributed by atoms with E-state index in [0.29, 0.717) is 23.4 Å². The van der Waals surface area contributed by atoms with Crippen molar-refractivity contribution < 1.29 is 14.6 Å². The second kappa shape index (κ2) is 9.06. The molecule has 0 atom stereocenters. The second-order valence-corrected chi connectivity index (χ2v) is 7.16. The molecule has 4 nitrogen and oxygen atoms in total. The van der Waals surface area contributed by atoms with Crippen molar-refractivity contribution in [1.29, 1.82) is 0 Å². The largest absolute Gasteiger partial charge is 0.487 e. The van der Waals surface area contributed by atoms with E-state index in [4.69, 9.17) is 21.4 Å². The van der Waals surface area contributed by atoms with Crippen LogP contribution >= 0.6 is 11.6 Å². The van der Waals surface area contributed by atoms with Crippen molar-refractivity contribution >= 4 is 17.6 Å². The van der Waals surface area contributed by atoms with Crippen LogP contribution in [0.25, 0.3) is 0 Å². The topological polar surface area (TPSA) is 58.6 Å². The number of hydrogen-bond acceptors (Lipinski definition) is 3. The molecule has 0 aliphatic heterocycles. The summed E-state index contributed by atoms with van der Waals surface area (Å²) in [7, 11) is 0. The van der Waals surface area contributed by atoms with Crippen molar-refractivity contribution in [1.82, 2.24) is 5.32 Å². The Bertz CT molecular complexity index is 742. The molecule has 0 spiro atoms. The summed E-state index contributed by atoms with van der Waals surface area (Å²) in [4.78, 5) is 11.1. The Hall–Kier alpha value is -2.04. The fourth-order valence-corrected chi connectivity index (χ4v) is 3.58. The molecule has 26 heavy (non-hydrogen) atoms. The highest BCUT2D eigenvalue weighted by atomic mass is 35.5. The molecule has 0 unspecified atom stereocenters. The molecule has 0 saturated heterocycles. The normalized spacial score (nSPS) is 19.9. The Morgan fingerprint density at radius 3 is 2.38 bits per heavy atom. The van der Waals surface area contributed by atoms with E-state index in [0.717, 1.165) is 37.8 Å². The number of para-hydroxylation sites is 1. The Morgan fingerprint density at radius 2 is 1.69 bits per heavy atom. The van der Waals surface area contributed by atoms with Gasteiger partial charge in [-0.15, -0.1) is 0 Å². The first-order valence-electron chi connectivity index (χ1n) is 9.04. The third-order valence-corrected chi connectivity index (χ3v) is 5.31. The molecule has 2 N–H and O–H groups in total. The SMILES string of the molecule is O=C(O)C1CCC(NCc2ccccc2COc2ccccc2Cl)CC1. The quantitative estimate of drug-likeness (QED) is 0.741. The molecule has 1 fully saturated rings. The molecule has 3 rings (SSSR count). The third kappa shape index (κ3) is 4.99. The van der Waals surface area contributed by atoms with Gasteiger partial charge in [0.25, 0.3) is 0 Å². The highest BCUT2D eigenvalue weighted by Crippen LogP contribution is 2.26. The monoisotopic (exact) mass is 373 g/mol. The molecule has 2 aromatic rings. The van der Waals surface area contributed by atoms with Gasteiger partial charge >= 0.3 is 5.97 Å². The van der Waals surface area contributed by atoms with E-state index in [1.807, 2.05) is 36.4 Å². The van der Waals surface area contributed by atoms with E-state index in [1.165, 1.54) is 5.56 Å². The number of hydrogen-bond donors (Lipinski definition) is 2. The first-order chi connectivity index (χ1) is 12.6. The molecule has 0 radical (unpaired) electrons. The van der Waals surface area contributed by atoms with E-state index in [9.17, 15) is 4.79 Å². The van der Waals surface area contributed by atoms with Crippen LogP contribution in [0.2, 0.25) is 5.02 Å². The summed E-state index contributed by atoms with van der Waals surface area (Å²) in [6.45, 7) is 1.22. The highest BCUT2D eigenvalue weighted by Gasteiger charge is 2.25. The molecule has 0 aromatic heterocycles. The fraction of sp³-hybridized carbons (Fsp3) is 0.381. The van der Waals surface area contributed by atoms with Crippen molar-refractivity contribution in [3.05, 3.63) is 64.7 Å². The Balaban J connectivity index is 1.54. The van der Waals surface area contributed by atoms with Gasteiger partial charge in [-0.3, -0.25) is 4.79 Å². The van der Waals surface area contributed by atoms with Gasteiger partial charge in [0.15, 0.2) is 0 Å². The number of aliphatic carboxylic acids is 1. The fourth-order valence-electron chi connectivity index (χ4n) is 3.39. The standard InChI is InChI=1S/C21H24ClNO3/c22-19-7-3-4-8-20(19)26-14-17-6-2-1-5-16(17)13-23-18-11-9-15(10-12-18)21(24)25/h1-8,15,18,23H,9-14H2,(H,24,25). The van der Waals surface area contributed by atoms with E-state index < -0.39 is 5.97 Å². The molecule has 0 heterocycles. The third-order valence-electron chi connectivity index (χ3n) is 5.00. The molecule has 0 amide bonds. The number of carboxylic acid groups (broad SMARTS) is 1. The summed E-state index contributed by atoms with van der Waals surface area (Å²) >= 11 is 6.15. The molecular weight excluding hydrogens is 350 g/mol. The lowest BCUT2D eigenvalue weighted by atomic mass is 9.86. The molecule has 1 saturated carbocycles. The van der Waals surface area contributed by atoms with E-state index in [1.54, 1.807) is 0 Å². The molecule has 5 heteroatoms. The number of benzene rings is 2. The van der Waals surface area contributed by atoms with Crippen molar-refractivity contribution in [2.24, 2.45) is 5.92 Å². The van der Waals surface area contributed by atoms with Crippen LogP contribution in [0.5, 0.6) is 5.75 Å². The summed E-state index contributed by atoms with van der Waals surface area (Å²) in [5, 5.41) is 13.3. The van der Waals surface area contributed by atoms with Crippen LogP contribution in [0, 0.1) is 5.92 Å². The van der Waals surface area contributed by atoms with Crippen LogP contribution in [-0.4, -0.2) is 17.1 Å². The van der Waals surface area contributed by atoms with Crippen molar-refractivity contribution in [2.75, 3.05) is 0 Å². The molecular formula is C21H24ClNO3. The zero-order valence-corrected chi connectivity index (χ0v) is 15.4. The van der Waals surface area contributed by atoms with Crippen LogP contribution in [-0.2, 0) is 17.9 Å². The average molecular weight is 374 g/mol. The van der Waals surface area contributed by atoms with Gasteiger partial charge in [-0.05, 0) is 48.9 Å². The van der Waals surface area contributed by atoms with Gasteiger partial charge in [0.2, 0.25) is 0 Å². The summed E-state index contributed by atoms with van der Waals surface area (Å²) in [6, 6.07) is 16.0. The Kier molecular flexibility index (Phi) is 6.53. The van der Waals surface area contributed by atoms with Gasteiger partial charge in [-0.25, -0.2) is 0 Å². The Morgan fingerprint density at radius 1 is 1.04 bits per heavy atom. The van der Waals surface area contributed by atoms with Gasteiger partial charge in [-0.2, -0.15) is 0 Å². The number of halogens is 1. The number of carboxylic acids is 1. The lowest BCUT2D eigenvalue weighted by Crippen LogP contribution is -2.34. The molecule has 0 bridgehead atoms. The predicted molar refractivity (Wildman–Crippen MR) is 102 cm³/mol. The molecule has 1 aliphatic carbocycles. The van der Waals surface area contributed by atoms with Crippen molar-refractivity contribution in [3.8, 4) is 5.75 Å². The highest BCUT2D eigenvalue weighted by molar-refractivity contribution is 6.32. The van der Waals surface area contributed by atoms with Crippen molar-refractivity contribution in [3.63, 3.8) is 0 Å². The minimum atomic E-state index is -0.662. The lowest BCUT2D eigenvalue weighted by molar-refractivity contribution is -0.142. The molecule has 2 aromatic carbocycles. The zero-order chi connectivity index (χ0) is 18.4. The van der Waals surface area contributed by atoms with Crippen LogP contribution in [0.15, 0.2) is 48.5 Å². The summed E-state index contributed by atoms with van der Waals surface area (Å²) in [6.07, 6.45) is 3.33.